The molecule has 1 aliphatic heterocycles. The normalized spacial score (nSPS) is 21.9. The number of nitrogens with zero attached hydrogens (tertiary/aromatic N) is 2. The number of aliphatic hydroxyl groups excluding tert-OH is 1. The molecule has 3 nitrogen and oxygen atoms in total. The first-order chi connectivity index (χ1) is 7.76. The molecule has 1 N–H and O–H groups in total. The van der Waals surface area contributed by atoms with Crippen LogP contribution in [0.25, 0.3) is 0 Å². The van der Waals surface area contributed by atoms with Crippen LogP contribution in [0.3, 0.4) is 0 Å². The Kier molecular flexibility index (Phi) is 7.01. The van der Waals surface area contributed by atoms with Crippen molar-refractivity contribution in [3.05, 3.63) is 0 Å². The molecule has 1 fully saturated rings. The van der Waals surface area contributed by atoms with Crippen LogP contribution in [-0.4, -0.2) is 60.8 Å². The van der Waals surface area contributed by atoms with Gasteiger partial charge in [0.2, 0.25) is 0 Å². The molecule has 0 aliphatic carbocycles. The van der Waals surface area contributed by atoms with Gasteiger partial charge in [-0.05, 0) is 31.8 Å². The van der Waals surface area contributed by atoms with E-state index in [4.69, 9.17) is 5.11 Å². The van der Waals surface area contributed by atoms with Gasteiger partial charge in [-0.15, -0.1) is 0 Å². The smallest absolute Gasteiger partial charge is 0.0558 e. The van der Waals surface area contributed by atoms with Crippen molar-refractivity contribution in [1.29, 1.82) is 0 Å². The fourth-order valence-corrected chi connectivity index (χ4v) is 2.60. The van der Waals surface area contributed by atoms with E-state index in [1.165, 1.54) is 38.9 Å². The molecule has 1 rings (SSSR count). The summed E-state index contributed by atoms with van der Waals surface area (Å²) in [5.41, 5.74) is 0. The van der Waals surface area contributed by atoms with Gasteiger partial charge in [-0.1, -0.05) is 20.3 Å². The van der Waals surface area contributed by atoms with Crippen molar-refractivity contribution in [2.24, 2.45) is 5.92 Å². The average molecular weight is 228 g/mol. The van der Waals surface area contributed by atoms with E-state index in [2.05, 4.69) is 23.6 Å². The summed E-state index contributed by atoms with van der Waals surface area (Å²) in [6.45, 7) is 11.7. The first-order valence-corrected chi connectivity index (χ1v) is 6.81. The summed E-state index contributed by atoms with van der Waals surface area (Å²) in [5.74, 6) is 0.828. The van der Waals surface area contributed by atoms with Crippen molar-refractivity contribution >= 4 is 0 Å². The predicted molar refractivity (Wildman–Crippen MR) is 68.7 cm³/mol. The van der Waals surface area contributed by atoms with Gasteiger partial charge in [0.15, 0.2) is 0 Å². The van der Waals surface area contributed by atoms with Crippen LogP contribution in [0.1, 0.15) is 33.1 Å². The number of aliphatic hydroxyl groups is 1. The Hall–Kier alpha value is -0.120. The number of hydrogen-bond acceptors (Lipinski definition) is 3. The monoisotopic (exact) mass is 228 g/mol. The summed E-state index contributed by atoms with van der Waals surface area (Å²) in [6, 6.07) is 0. The molecule has 0 amide bonds. The van der Waals surface area contributed by atoms with Crippen LogP contribution in [0, 0.1) is 5.92 Å². The second-order valence-corrected chi connectivity index (χ2v) is 5.11. The molecule has 1 aliphatic rings. The highest BCUT2D eigenvalue weighted by atomic mass is 16.3. The summed E-state index contributed by atoms with van der Waals surface area (Å²) in [5, 5.41) is 8.94. The van der Waals surface area contributed by atoms with Gasteiger partial charge in [-0.25, -0.2) is 0 Å². The fraction of sp³-hybridized carbons (Fsp3) is 1.00. The second kappa shape index (κ2) is 8.04. The van der Waals surface area contributed by atoms with Gasteiger partial charge in [0.05, 0.1) is 6.61 Å². The highest BCUT2D eigenvalue weighted by Crippen LogP contribution is 2.10. The van der Waals surface area contributed by atoms with Crippen LogP contribution in [0.5, 0.6) is 0 Å². The molecule has 0 saturated carbocycles. The van der Waals surface area contributed by atoms with Crippen molar-refractivity contribution in [3.63, 3.8) is 0 Å². The molecule has 0 radical (unpaired) electrons. The van der Waals surface area contributed by atoms with Crippen LogP contribution >= 0.6 is 0 Å². The van der Waals surface area contributed by atoms with E-state index < -0.39 is 0 Å². The first-order valence-electron chi connectivity index (χ1n) is 6.81. The molecule has 0 aromatic rings. The van der Waals surface area contributed by atoms with E-state index in [0.29, 0.717) is 6.61 Å². The minimum atomic E-state index is 0.298. The quantitative estimate of drug-likeness (QED) is 0.745. The Balaban J connectivity index is 2.24. The lowest BCUT2D eigenvalue weighted by Gasteiger charge is -2.24. The number of β-amino-alcohol motifs (C(OH)–C–C–N with tert-alkyl or cyclic N) is 1. The van der Waals surface area contributed by atoms with Gasteiger partial charge in [-0.3, -0.25) is 4.90 Å². The van der Waals surface area contributed by atoms with E-state index >= 15 is 0 Å². The van der Waals surface area contributed by atoms with E-state index in [1.54, 1.807) is 0 Å². The Morgan fingerprint density at radius 1 is 1.12 bits per heavy atom. The molecule has 0 aromatic carbocycles. The maximum absolute atomic E-state index is 8.94. The summed E-state index contributed by atoms with van der Waals surface area (Å²) in [6.07, 6.45) is 3.89. The molecule has 1 unspecified atom stereocenters. The van der Waals surface area contributed by atoms with Crippen molar-refractivity contribution in [1.82, 2.24) is 9.80 Å². The van der Waals surface area contributed by atoms with Crippen LogP contribution in [0.2, 0.25) is 0 Å². The highest BCUT2D eigenvalue weighted by molar-refractivity contribution is 4.71. The summed E-state index contributed by atoms with van der Waals surface area (Å²) in [7, 11) is 0. The van der Waals surface area contributed by atoms with Crippen molar-refractivity contribution < 1.29 is 5.11 Å². The third-order valence-electron chi connectivity index (χ3n) is 3.45. The summed E-state index contributed by atoms with van der Waals surface area (Å²) < 4.78 is 0. The zero-order valence-corrected chi connectivity index (χ0v) is 11.0. The lowest BCUT2D eigenvalue weighted by molar-refractivity contribution is 0.192. The zero-order chi connectivity index (χ0) is 11.8. The first kappa shape index (κ1) is 13.9. The van der Waals surface area contributed by atoms with Gasteiger partial charge in [0.1, 0.15) is 0 Å². The Labute approximate surface area is 100 Å². The van der Waals surface area contributed by atoms with E-state index in [-0.39, 0.29) is 0 Å². The summed E-state index contributed by atoms with van der Waals surface area (Å²) >= 11 is 0. The largest absolute Gasteiger partial charge is 0.395 e. The molecule has 0 aromatic heterocycles. The third kappa shape index (κ3) is 5.28. The SMILES string of the molecule is CCCC(C)CN1CCCN(CCO)CC1. The van der Waals surface area contributed by atoms with Gasteiger partial charge in [0.25, 0.3) is 0 Å². The zero-order valence-electron chi connectivity index (χ0n) is 11.0. The van der Waals surface area contributed by atoms with Crippen LogP contribution < -0.4 is 0 Å². The molecule has 1 saturated heterocycles. The van der Waals surface area contributed by atoms with Crippen LogP contribution in [0.4, 0.5) is 0 Å². The topological polar surface area (TPSA) is 26.7 Å². The van der Waals surface area contributed by atoms with Crippen molar-refractivity contribution in [3.8, 4) is 0 Å². The molecule has 1 heterocycles. The molecule has 0 bridgehead atoms. The third-order valence-corrected chi connectivity index (χ3v) is 3.45. The standard InChI is InChI=1S/C13H28N2O/c1-3-5-13(2)12-15-7-4-6-14(8-9-15)10-11-16/h13,16H,3-12H2,1-2H3. The van der Waals surface area contributed by atoms with Crippen molar-refractivity contribution in [2.45, 2.75) is 33.1 Å². The molecule has 3 heteroatoms. The molecule has 0 spiro atoms. The second-order valence-electron chi connectivity index (χ2n) is 5.11. The van der Waals surface area contributed by atoms with Crippen LogP contribution in [0.15, 0.2) is 0 Å². The van der Waals surface area contributed by atoms with Gasteiger partial charge in [0, 0.05) is 26.2 Å². The van der Waals surface area contributed by atoms with Gasteiger partial charge in [-0.2, -0.15) is 0 Å². The lowest BCUT2D eigenvalue weighted by Crippen LogP contribution is -2.34. The molecular weight excluding hydrogens is 200 g/mol. The Morgan fingerprint density at radius 3 is 2.50 bits per heavy atom. The lowest BCUT2D eigenvalue weighted by atomic mass is 10.1. The minimum absolute atomic E-state index is 0.298. The number of hydrogen-bond donors (Lipinski definition) is 1. The fourth-order valence-electron chi connectivity index (χ4n) is 2.60. The molecule has 1 atom stereocenters. The van der Waals surface area contributed by atoms with E-state index in [1.807, 2.05) is 0 Å². The number of rotatable bonds is 6. The molecular formula is C13H28N2O. The molecule has 96 valence electrons. The van der Waals surface area contributed by atoms with Crippen LogP contribution in [-0.2, 0) is 0 Å². The Bertz CT molecular complexity index is 175. The minimum Gasteiger partial charge on any atom is -0.395 e. The van der Waals surface area contributed by atoms with E-state index in [9.17, 15) is 0 Å². The van der Waals surface area contributed by atoms with Gasteiger partial charge < -0.3 is 10.0 Å². The van der Waals surface area contributed by atoms with E-state index in [0.717, 1.165) is 25.6 Å². The maximum atomic E-state index is 8.94. The van der Waals surface area contributed by atoms with Gasteiger partial charge >= 0.3 is 0 Å². The summed E-state index contributed by atoms with van der Waals surface area (Å²) in [4.78, 5) is 4.97. The maximum Gasteiger partial charge on any atom is 0.0558 e. The highest BCUT2D eigenvalue weighted by Gasteiger charge is 2.15. The average Bonchev–Trinajstić information content (AvgIpc) is 2.45. The Morgan fingerprint density at radius 2 is 1.81 bits per heavy atom. The predicted octanol–water partition coefficient (Wildman–Crippen LogP) is 1.42. The molecule has 16 heavy (non-hydrogen) atoms. The van der Waals surface area contributed by atoms with Crippen molar-refractivity contribution in [2.75, 3.05) is 45.9 Å².